The number of fused-ring (bicyclic) bond motifs is 1. The fraction of sp³-hybridized carbons (Fsp3) is 0.353. The summed E-state index contributed by atoms with van der Waals surface area (Å²) in [5.41, 5.74) is 4.12. The molecule has 7 nitrogen and oxygen atoms in total. The number of carbonyl (C=O) groups is 1. The fourth-order valence-corrected chi connectivity index (χ4v) is 5.59. The number of likely N-dealkylation sites (N-methyl/N-ethyl adjacent to an activating group) is 1. The van der Waals surface area contributed by atoms with Gasteiger partial charge in [0.1, 0.15) is 12.2 Å². The van der Waals surface area contributed by atoms with Crippen LogP contribution in [0, 0.1) is 0 Å². The molecule has 136 valence electrons. The van der Waals surface area contributed by atoms with Gasteiger partial charge in [-0.1, -0.05) is 12.1 Å². The molecule has 4 rings (SSSR count). The molecule has 1 atom stereocenters. The summed E-state index contributed by atoms with van der Waals surface area (Å²) >= 11 is 1.47. The van der Waals surface area contributed by atoms with Crippen LogP contribution in [0.15, 0.2) is 35.2 Å². The zero-order chi connectivity index (χ0) is 18.3. The van der Waals surface area contributed by atoms with Crippen molar-refractivity contribution in [2.75, 3.05) is 18.6 Å². The van der Waals surface area contributed by atoms with E-state index in [1.807, 2.05) is 34.2 Å². The maximum absolute atomic E-state index is 12.8. The summed E-state index contributed by atoms with van der Waals surface area (Å²) in [4.78, 5) is 23.3. The predicted octanol–water partition coefficient (Wildman–Crippen LogP) is 1.81. The summed E-state index contributed by atoms with van der Waals surface area (Å²) < 4.78 is 25.3. The number of amides is 1. The average Bonchev–Trinajstić information content (AvgIpc) is 3.33. The highest BCUT2D eigenvalue weighted by Crippen LogP contribution is 2.25. The molecule has 0 N–H and O–H groups in total. The van der Waals surface area contributed by atoms with Crippen molar-refractivity contribution in [3.63, 3.8) is 0 Å². The maximum atomic E-state index is 12.8. The third kappa shape index (κ3) is 3.12. The van der Waals surface area contributed by atoms with Crippen LogP contribution >= 0.6 is 11.3 Å². The molecule has 1 aliphatic rings. The van der Waals surface area contributed by atoms with Crippen LogP contribution in [0.4, 0.5) is 0 Å². The number of aromatic nitrogens is 3. The first-order valence-corrected chi connectivity index (χ1v) is 11.0. The molecule has 3 aromatic rings. The van der Waals surface area contributed by atoms with Gasteiger partial charge in [0.05, 0.1) is 28.0 Å². The van der Waals surface area contributed by atoms with Crippen molar-refractivity contribution in [1.82, 2.24) is 19.4 Å². The van der Waals surface area contributed by atoms with Crippen molar-refractivity contribution in [2.45, 2.75) is 19.0 Å². The largest absolute Gasteiger partial charge is 0.340 e. The van der Waals surface area contributed by atoms with Crippen molar-refractivity contribution >= 4 is 38.1 Å². The van der Waals surface area contributed by atoms with Gasteiger partial charge in [0.2, 0.25) is 5.91 Å². The second-order valence-corrected chi connectivity index (χ2v) is 9.39. The normalized spacial score (nSPS) is 19.0. The van der Waals surface area contributed by atoms with Gasteiger partial charge in [-0.25, -0.2) is 18.4 Å². The number of carbonyl (C=O) groups excluding carboxylic acids is 1. The van der Waals surface area contributed by atoms with E-state index >= 15 is 0 Å². The monoisotopic (exact) mass is 390 g/mol. The van der Waals surface area contributed by atoms with Crippen LogP contribution in [0.1, 0.15) is 6.42 Å². The van der Waals surface area contributed by atoms with Gasteiger partial charge in [-0.05, 0) is 18.6 Å². The summed E-state index contributed by atoms with van der Waals surface area (Å²) in [6.45, 7) is 0.0976. The first kappa shape index (κ1) is 17.2. The highest BCUT2D eigenvalue weighted by Gasteiger charge is 2.33. The lowest BCUT2D eigenvalue weighted by atomic mass is 10.2. The van der Waals surface area contributed by atoms with E-state index in [1.54, 1.807) is 17.5 Å². The Bertz CT molecular complexity index is 1060. The van der Waals surface area contributed by atoms with E-state index in [2.05, 4.69) is 9.97 Å². The highest BCUT2D eigenvalue weighted by atomic mass is 32.2. The number of hydrogen-bond donors (Lipinski definition) is 0. The Morgan fingerprint density at radius 3 is 2.88 bits per heavy atom. The first-order valence-electron chi connectivity index (χ1n) is 8.24. The summed E-state index contributed by atoms with van der Waals surface area (Å²) in [7, 11) is -1.36. The molecule has 3 heterocycles. The second kappa shape index (κ2) is 6.48. The smallest absolute Gasteiger partial charge is 0.242 e. The van der Waals surface area contributed by atoms with Crippen LogP contribution in [-0.4, -0.2) is 58.4 Å². The molecule has 26 heavy (non-hydrogen) atoms. The number of rotatable bonds is 4. The van der Waals surface area contributed by atoms with Gasteiger partial charge in [0.25, 0.3) is 0 Å². The van der Waals surface area contributed by atoms with Gasteiger partial charge in [-0.3, -0.25) is 4.79 Å². The number of para-hydroxylation sites is 2. The van der Waals surface area contributed by atoms with Crippen LogP contribution in [0.3, 0.4) is 0 Å². The molecule has 0 saturated carbocycles. The number of nitrogens with zero attached hydrogens (tertiary/aromatic N) is 4. The van der Waals surface area contributed by atoms with E-state index in [-0.39, 0.29) is 30.0 Å². The Hall–Kier alpha value is -2.26. The second-order valence-electron chi connectivity index (χ2n) is 6.45. The Kier molecular flexibility index (Phi) is 4.28. The zero-order valence-electron chi connectivity index (χ0n) is 14.2. The van der Waals surface area contributed by atoms with Crippen LogP contribution in [-0.2, 0) is 21.2 Å². The molecule has 1 saturated heterocycles. The molecule has 1 fully saturated rings. The molecule has 0 spiro atoms. The van der Waals surface area contributed by atoms with E-state index < -0.39 is 9.84 Å². The highest BCUT2D eigenvalue weighted by molar-refractivity contribution is 7.91. The summed E-state index contributed by atoms with van der Waals surface area (Å²) in [5.74, 6) is 0.701. The molecule has 1 aromatic carbocycles. The maximum Gasteiger partial charge on any atom is 0.242 e. The number of benzene rings is 1. The Balaban J connectivity index is 1.66. The predicted molar refractivity (Wildman–Crippen MR) is 101 cm³/mol. The number of hydrogen-bond acceptors (Lipinski definition) is 6. The standard InChI is InChI=1S/C17H18N4O3S2/c1-20(12-6-7-26(23,24)10-12)16(22)8-21-15-5-3-2-4-13(15)19-17(21)14-9-25-11-18-14/h2-5,9,11-12H,6-8,10H2,1H3/t12-/m1/s1. The van der Waals surface area contributed by atoms with Crippen molar-refractivity contribution in [3.05, 3.63) is 35.2 Å². The quantitative estimate of drug-likeness (QED) is 0.678. The van der Waals surface area contributed by atoms with Crippen LogP contribution in [0.5, 0.6) is 0 Å². The molecule has 0 radical (unpaired) electrons. The summed E-state index contributed by atoms with van der Waals surface area (Å²) in [6, 6.07) is 7.38. The lowest BCUT2D eigenvalue weighted by Gasteiger charge is -2.24. The van der Waals surface area contributed by atoms with E-state index in [0.717, 1.165) is 16.7 Å². The molecular weight excluding hydrogens is 372 g/mol. The lowest BCUT2D eigenvalue weighted by molar-refractivity contribution is -0.132. The summed E-state index contributed by atoms with van der Waals surface area (Å²) in [5, 5.41) is 1.90. The number of sulfone groups is 1. The molecule has 0 unspecified atom stereocenters. The van der Waals surface area contributed by atoms with Crippen LogP contribution in [0.25, 0.3) is 22.6 Å². The number of thiazole rings is 1. The van der Waals surface area contributed by atoms with E-state index in [1.165, 1.54) is 11.3 Å². The van der Waals surface area contributed by atoms with Crippen molar-refractivity contribution in [3.8, 4) is 11.5 Å². The molecule has 1 aliphatic heterocycles. The molecule has 9 heteroatoms. The van der Waals surface area contributed by atoms with Gasteiger partial charge >= 0.3 is 0 Å². The van der Waals surface area contributed by atoms with Crippen LogP contribution < -0.4 is 0 Å². The van der Waals surface area contributed by atoms with Gasteiger partial charge < -0.3 is 9.47 Å². The van der Waals surface area contributed by atoms with Crippen molar-refractivity contribution < 1.29 is 13.2 Å². The van der Waals surface area contributed by atoms with Crippen molar-refractivity contribution in [2.24, 2.45) is 0 Å². The minimum atomic E-state index is -3.04. The van der Waals surface area contributed by atoms with Gasteiger partial charge in [-0.15, -0.1) is 11.3 Å². The van der Waals surface area contributed by atoms with Crippen LogP contribution in [0.2, 0.25) is 0 Å². The average molecular weight is 390 g/mol. The lowest BCUT2D eigenvalue weighted by Crippen LogP contribution is -2.39. The van der Waals surface area contributed by atoms with Crippen molar-refractivity contribution in [1.29, 1.82) is 0 Å². The Morgan fingerprint density at radius 1 is 1.38 bits per heavy atom. The molecule has 0 bridgehead atoms. The van der Waals surface area contributed by atoms with E-state index in [4.69, 9.17) is 0 Å². The third-order valence-electron chi connectivity index (χ3n) is 4.76. The minimum absolute atomic E-state index is 0.0405. The zero-order valence-corrected chi connectivity index (χ0v) is 15.8. The molecule has 2 aromatic heterocycles. The number of imidazole rings is 1. The van der Waals surface area contributed by atoms with E-state index in [0.29, 0.717) is 12.2 Å². The minimum Gasteiger partial charge on any atom is -0.340 e. The van der Waals surface area contributed by atoms with E-state index in [9.17, 15) is 13.2 Å². The Morgan fingerprint density at radius 2 is 2.19 bits per heavy atom. The Labute approximate surface area is 155 Å². The SMILES string of the molecule is CN(C(=O)Cn1c(-c2cscn2)nc2ccccc21)[C@@H]1CCS(=O)(=O)C1. The molecule has 1 amide bonds. The summed E-state index contributed by atoms with van der Waals surface area (Å²) in [6.07, 6.45) is 0.494. The molecular formula is C17H18N4O3S2. The topological polar surface area (TPSA) is 85.2 Å². The first-order chi connectivity index (χ1) is 12.4. The third-order valence-corrected chi connectivity index (χ3v) is 7.10. The van der Waals surface area contributed by atoms with Gasteiger partial charge in [0.15, 0.2) is 15.7 Å². The fourth-order valence-electron chi connectivity index (χ4n) is 3.29. The van der Waals surface area contributed by atoms with Gasteiger partial charge in [0, 0.05) is 18.5 Å². The molecule has 0 aliphatic carbocycles. The van der Waals surface area contributed by atoms with Gasteiger partial charge in [-0.2, -0.15) is 0 Å².